The van der Waals surface area contributed by atoms with Crippen molar-refractivity contribution < 1.29 is 13.2 Å². The molecule has 26 heavy (non-hydrogen) atoms. The van der Waals surface area contributed by atoms with Crippen molar-refractivity contribution in [3.8, 4) is 0 Å². The van der Waals surface area contributed by atoms with Gasteiger partial charge in [0.05, 0.1) is 4.90 Å². The van der Waals surface area contributed by atoms with Crippen LogP contribution in [0.25, 0.3) is 0 Å². The predicted octanol–water partition coefficient (Wildman–Crippen LogP) is 1.93. The second-order valence-corrected chi connectivity index (χ2v) is 9.11. The Morgan fingerprint density at radius 3 is 2.62 bits per heavy atom. The lowest BCUT2D eigenvalue weighted by Gasteiger charge is -2.30. The van der Waals surface area contributed by atoms with Gasteiger partial charge in [-0.15, -0.1) is 0 Å². The van der Waals surface area contributed by atoms with Gasteiger partial charge in [-0.2, -0.15) is 4.31 Å². The molecule has 1 aliphatic rings. The number of likely N-dealkylation sites (tertiary alicyclic amines) is 1. The number of nitrogens with zero attached hydrogens (tertiary/aromatic N) is 3. The van der Waals surface area contributed by atoms with Crippen molar-refractivity contribution in [3.63, 3.8) is 0 Å². The van der Waals surface area contributed by atoms with E-state index >= 15 is 0 Å². The van der Waals surface area contributed by atoms with Crippen LogP contribution in [0.2, 0.25) is 0 Å². The number of hydrogen-bond donors (Lipinski definition) is 0. The predicted molar refractivity (Wildman–Crippen MR) is 104 cm³/mol. The van der Waals surface area contributed by atoms with Gasteiger partial charge in [0.25, 0.3) is 0 Å². The highest BCUT2D eigenvalue weighted by Gasteiger charge is 2.31. The fourth-order valence-corrected chi connectivity index (χ4v) is 4.91. The molecule has 0 radical (unpaired) electrons. The Hall–Kier alpha value is -1.28. The first kappa shape index (κ1) is 21.0. The molecule has 6 nitrogen and oxygen atoms in total. The summed E-state index contributed by atoms with van der Waals surface area (Å²) in [5.41, 5.74) is 0.426. The van der Waals surface area contributed by atoms with Crippen LogP contribution in [0, 0.1) is 0 Å². The van der Waals surface area contributed by atoms with Crippen LogP contribution >= 0.6 is 0 Å². The molecule has 1 aromatic rings. The van der Waals surface area contributed by atoms with Crippen molar-refractivity contribution in [3.05, 3.63) is 29.8 Å². The summed E-state index contributed by atoms with van der Waals surface area (Å²) in [6, 6.07) is 6.62. The SMILES string of the molecule is CCN1CCCC1CN(CCN(C)C)S(=O)(=O)c1cccc(C(C)=O)c1. The molecule has 0 aromatic heterocycles. The fraction of sp³-hybridized carbons (Fsp3) is 0.632. The number of Topliss-reactive ketones (excluding diaryl/α,β-unsaturated/α-hetero) is 1. The second kappa shape index (κ2) is 9.08. The smallest absolute Gasteiger partial charge is 0.243 e. The molecule has 0 N–H and O–H groups in total. The molecule has 1 aromatic carbocycles. The molecule has 2 rings (SSSR count). The van der Waals surface area contributed by atoms with Crippen LogP contribution in [0.5, 0.6) is 0 Å². The van der Waals surface area contributed by atoms with Gasteiger partial charge >= 0.3 is 0 Å². The lowest BCUT2D eigenvalue weighted by molar-refractivity contribution is 0.101. The molecule has 0 bridgehead atoms. The Morgan fingerprint density at radius 2 is 2.00 bits per heavy atom. The summed E-state index contributed by atoms with van der Waals surface area (Å²) in [7, 11) is 0.235. The quantitative estimate of drug-likeness (QED) is 0.612. The van der Waals surface area contributed by atoms with Gasteiger partial charge < -0.3 is 4.90 Å². The third-order valence-corrected chi connectivity index (χ3v) is 6.86. The summed E-state index contributed by atoms with van der Waals surface area (Å²) < 4.78 is 28.1. The van der Waals surface area contributed by atoms with E-state index in [-0.39, 0.29) is 16.7 Å². The molecule has 1 heterocycles. The van der Waals surface area contributed by atoms with Crippen LogP contribution in [0.1, 0.15) is 37.0 Å². The van der Waals surface area contributed by atoms with E-state index in [2.05, 4.69) is 11.8 Å². The highest BCUT2D eigenvalue weighted by atomic mass is 32.2. The highest BCUT2D eigenvalue weighted by Crippen LogP contribution is 2.22. The lowest BCUT2D eigenvalue weighted by Crippen LogP contribution is -2.45. The average Bonchev–Trinajstić information content (AvgIpc) is 3.05. The normalized spacial score (nSPS) is 18.8. The number of rotatable bonds is 9. The lowest BCUT2D eigenvalue weighted by atomic mass is 10.2. The number of sulfonamides is 1. The van der Waals surface area contributed by atoms with E-state index in [4.69, 9.17) is 0 Å². The van der Waals surface area contributed by atoms with E-state index < -0.39 is 10.0 Å². The van der Waals surface area contributed by atoms with Gasteiger partial charge in [0.15, 0.2) is 5.78 Å². The fourth-order valence-electron chi connectivity index (χ4n) is 3.40. The van der Waals surface area contributed by atoms with Crippen molar-refractivity contribution >= 4 is 15.8 Å². The van der Waals surface area contributed by atoms with E-state index in [0.29, 0.717) is 25.2 Å². The number of carbonyl (C=O) groups is 1. The summed E-state index contributed by atoms with van der Waals surface area (Å²) in [5.74, 6) is -0.130. The van der Waals surface area contributed by atoms with Crippen molar-refractivity contribution in [2.75, 3.05) is 46.8 Å². The number of ketones is 1. The Balaban J connectivity index is 2.30. The van der Waals surface area contributed by atoms with E-state index in [1.165, 1.54) is 13.0 Å². The van der Waals surface area contributed by atoms with Gasteiger partial charge in [0.1, 0.15) is 0 Å². The van der Waals surface area contributed by atoms with Crippen LogP contribution in [0.4, 0.5) is 0 Å². The monoisotopic (exact) mass is 381 g/mol. The van der Waals surface area contributed by atoms with Gasteiger partial charge in [-0.1, -0.05) is 19.1 Å². The first-order valence-electron chi connectivity index (χ1n) is 9.25. The zero-order valence-electron chi connectivity index (χ0n) is 16.3. The first-order valence-corrected chi connectivity index (χ1v) is 10.7. The van der Waals surface area contributed by atoms with Gasteiger partial charge in [-0.25, -0.2) is 8.42 Å². The average molecular weight is 382 g/mol. The summed E-state index contributed by atoms with van der Waals surface area (Å²) in [6.45, 7) is 7.13. The number of likely N-dealkylation sites (N-methyl/N-ethyl adjacent to an activating group) is 2. The van der Waals surface area contributed by atoms with Crippen LogP contribution in [0.15, 0.2) is 29.2 Å². The third kappa shape index (κ3) is 5.13. The molecule has 0 spiro atoms. The second-order valence-electron chi connectivity index (χ2n) is 7.17. The number of hydrogen-bond acceptors (Lipinski definition) is 5. The Morgan fingerprint density at radius 1 is 1.27 bits per heavy atom. The van der Waals surface area contributed by atoms with Gasteiger partial charge in [-0.3, -0.25) is 9.69 Å². The zero-order chi connectivity index (χ0) is 19.3. The minimum absolute atomic E-state index is 0.130. The molecule has 1 aliphatic heterocycles. The first-order chi connectivity index (χ1) is 12.3. The molecule has 0 aliphatic carbocycles. The Kier molecular flexibility index (Phi) is 7.34. The van der Waals surface area contributed by atoms with Crippen LogP contribution < -0.4 is 0 Å². The number of carbonyl (C=O) groups excluding carboxylic acids is 1. The molecular formula is C19H31N3O3S. The summed E-state index contributed by atoms with van der Waals surface area (Å²) in [6.07, 6.45) is 2.13. The largest absolute Gasteiger partial charge is 0.308 e. The van der Waals surface area contributed by atoms with Crippen molar-refractivity contribution in [2.45, 2.75) is 37.6 Å². The zero-order valence-corrected chi connectivity index (χ0v) is 17.1. The maximum Gasteiger partial charge on any atom is 0.243 e. The highest BCUT2D eigenvalue weighted by molar-refractivity contribution is 7.89. The maximum absolute atomic E-state index is 13.3. The summed E-state index contributed by atoms with van der Waals surface area (Å²) in [4.78, 5) is 16.2. The van der Waals surface area contributed by atoms with Gasteiger partial charge in [0, 0.05) is 31.2 Å². The molecule has 1 fully saturated rings. The van der Waals surface area contributed by atoms with E-state index in [1.54, 1.807) is 22.5 Å². The number of benzene rings is 1. The molecule has 0 saturated carbocycles. The standard InChI is InChI=1S/C19H31N3O3S/c1-5-21-11-7-9-18(21)15-22(13-12-20(3)4)26(24,25)19-10-6-8-17(14-19)16(2)23/h6,8,10,14,18H,5,7,9,11-13,15H2,1-4H3. The molecular weight excluding hydrogens is 350 g/mol. The Labute approximate surface area is 157 Å². The van der Waals surface area contributed by atoms with Crippen molar-refractivity contribution in [1.82, 2.24) is 14.1 Å². The molecule has 7 heteroatoms. The third-order valence-electron chi connectivity index (χ3n) is 4.99. The molecule has 1 unspecified atom stereocenters. The minimum atomic E-state index is -3.64. The molecule has 0 amide bonds. The Bertz CT molecular complexity index is 718. The molecule has 146 valence electrons. The summed E-state index contributed by atoms with van der Waals surface area (Å²) in [5, 5.41) is 0. The molecule has 1 atom stereocenters. The minimum Gasteiger partial charge on any atom is -0.308 e. The topological polar surface area (TPSA) is 60.9 Å². The van der Waals surface area contributed by atoms with Crippen LogP contribution in [0.3, 0.4) is 0 Å². The van der Waals surface area contributed by atoms with Crippen molar-refractivity contribution in [1.29, 1.82) is 0 Å². The van der Waals surface area contributed by atoms with Crippen LogP contribution in [-0.4, -0.2) is 81.2 Å². The van der Waals surface area contributed by atoms with E-state index in [0.717, 1.165) is 25.9 Å². The van der Waals surface area contributed by atoms with Crippen LogP contribution in [-0.2, 0) is 10.0 Å². The van der Waals surface area contributed by atoms with Gasteiger partial charge in [-0.05, 0) is 59.1 Å². The van der Waals surface area contributed by atoms with E-state index in [1.807, 2.05) is 19.0 Å². The maximum atomic E-state index is 13.3. The van der Waals surface area contributed by atoms with Gasteiger partial charge in [0.2, 0.25) is 10.0 Å². The molecule has 1 saturated heterocycles. The van der Waals surface area contributed by atoms with Crippen molar-refractivity contribution in [2.24, 2.45) is 0 Å². The van der Waals surface area contributed by atoms with E-state index in [9.17, 15) is 13.2 Å². The summed E-state index contributed by atoms with van der Waals surface area (Å²) >= 11 is 0.